The average molecular weight is 296 g/mol. The maximum absolute atomic E-state index is 11.6. The number of sulfone groups is 1. The number of hydrogen-bond acceptors (Lipinski definition) is 3. The lowest BCUT2D eigenvalue weighted by molar-refractivity contribution is 0.151. The Bertz CT molecular complexity index is 510. The monoisotopic (exact) mass is 296 g/mol. The van der Waals surface area contributed by atoms with Gasteiger partial charge in [0.25, 0.3) is 0 Å². The molecule has 0 aliphatic heterocycles. The van der Waals surface area contributed by atoms with Crippen molar-refractivity contribution in [2.24, 2.45) is 5.92 Å². The van der Waals surface area contributed by atoms with Crippen LogP contribution < -0.4 is 0 Å². The van der Waals surface area contributed by atoms with Crippen molar-refractivity contribution in [3.8, 4) is 0 Å². The molecule has 1 N–H and O–H groups in total. The summed E-state index contributed by atoms with van der Waals surface area (Å²) in [6.45, 7) is 0. The minimum atomic E-state index is -2.91. The molecule has 2 rings (SSSR count). The Hall–Kier alpha value is -0.870. The zero-order valence-electron chi connectivity index (χ0n) is 12.0. The van der Waals surface area contributed by atoms with Crippen molar-refractivity contribution in [1.82, 2.24) is 0 Å². The third-order valence-electron chi connectivity index (χ3n) is 4.37. The maximum atomic E-state index is 11.6. The summed E-state index contributed by atoms with van der Waals surface area (Å²) in [5, 5.41) is 9.99. The molecule has 1 fully saturated rings. The molecule has 4 heteroatoms. The molecule has 0 saturated heterocycles. The second-order valence-electron chi connectivity index (χ2n) is 5.99. The molecule has 20 heavy (non-hydrogen) atoms. The van der Waals surface area contributed by atoms with Gasteiger partial charge in [0.2, 0.25) is 0 Å². The van der Waals surface area contributed by atoms with Crippen LogP contribution in [0.4, 0.5) is 0 Å². The van der Waals surface area contributed by atoms with Crippen LogP contribution in [-0.4, -0.2) is 25.0 Å². The number of rotatable bonds is 5. The van der Waals surface area contributed by atoms with E-state index in [1.165, 1.54) is 6.26 Å². The zero-order valence-corrected chi connectivity index (χ0v) is 12.8. The van der Waals surface area contributed by atoms with E-state index in [0.717, 1.165) is 37.7 Å². The van der Waals surface area contributed by atoms with Crippen LogP contribution in [0.1, 0.15) is 50.2 Å². The third kappa shape index (κ3) is 4.32. The first kappa shape index (κ1) is 15.5. The first-order valence-electron chi connectivity index (χ1n) is 7.38. The van der Waals surface area contributed by atoms with Gasteiger partial charge in [-0.15, -0.1) is 0 Å². The number of aliphatic hydroxyl groups is 1. The fourth-order valence-electron chi connectivity index (χ4n) is 3.13. The highest BCUT2D eigenvalue weighted by Crippen LogP contribution is 2.33. The molecule has 3 unspecified atom stereocenters. The first-order valence-corrected chi connectivity index (χ1v) is 9.34. The van der Waals surface area contributed by atoms with E-state index >= 15 is 0 Å². The van der Waals surface area contributed by atoms with Crippen LogP contribution in [0, 0.1) is 5.92 Å². The average Bonchev–Trinajstić information content (AvgIpc) is 2.45. The lowest BCUT2D eigenvalue weighted by Gasteiger charge is -2.28. The van der Waals surface area contributed by atoms with Crippen molar-refractivity contribution in [2.75, 3.05) is 6.26 Å². The maximum Gasteiger partial charge on any atom is 0.150 e. The van der Waals surface area contributed by atoms with Gasteiger partial charge in [0, 0.05) is 6.26 Å². The minimum Gasteiger partial charge on any atom is -0.388 e. The fraction of sp³-hybridized carbons (Fsp3) is 0.625. The van der Waals surface area contributed by atoms with Gasteiger partial charge in [0.1, 0.15) is 9.84 Å². The van der Waals surface area contributed by atoms with Crippen molar-refractivity contribution in [3.05, 3.63) is 35.9 Å². The third-order valence-corrected chi connectivity index (χ3v) is 6.01. The summed E-state index contributed by atoms with van der Waals surface area (Å²) >= 11 is 0. The molecule has 0 bridgehead atoms. The molecule has 0 amide bonds. The van der Waals surface area contributed by atoms with Crippen LogP contribution in [-0.2, 0) is 9.84 Å². The van der Waals surface area contributed by atoms with Crippen LogP contribution in [0.5, 0.6) is 0 Å². The van der Waals surface area contributed by atoms with Gasteiger partial charge in [-0.25, -0.2) is 8.42 Å². The number of benzene rings is 1. The Morgan fingerprint density at radius 2 is 1.95 bits per heavy atom. The molecule has 0 spiro atoms. The van der Waals surface area contributed by atoms with Crippen molar-refractivity contribution in [1.29, 1.82) is 0 Å². The second-order valence-corrected chi connectivity index (χ2v) is 8.31. The summed E-state index contributed by atoms with van der Waals surface area (Å²) in [5.41, 5.74) is 0.947. The predicted molar refractivity (Wildman–Crippen MR) is 81.2 cm³/mol. The van der Waals surface area contributed by atoms with E-state index in [1.807, 2.05) is 30.3 Å². The van der Waals surface area contributed by atoms with Crippen LogP contribution in [0.15, 0.2) is 30.3 Å². The molecule has 1 aliphatic rings. The molecule has 1 saturated carbocycles. The van der Waals surface area contributed by atoms with Gasteiger partial charge in [-0.3, -0.25) is 0 Å². The van der Waals surface area contributed by atoms with Gasteiger partial charge in [0.05, 0.1) is 11.4 Å². The number of aliphatic hydroxyl groups excluding tert-OH is 1. The highest BCUT2D eigenvalue weighted by Gasteiger charge is 2.28. The van der Waals surface area contributed by atoms with Crippen molar-refractivity contribution < 1.29 is 13.5 Å². The summed E-state index contributed by atoms with van der Waals surface area (Å²) in [6, 6.07) is 9.67. The van der Waals surface area contributed by atoms with Gasteiger partial charge in [-0.1, -0.05) is 43.2 Å². The van der Waals surface area contributed by atoms with Gasteiger partial charge in [-0.05, 0) is 37.2 Å². The molecule has 3 nitrogen and oxygen atoms in total. The fourth-order valence-corrected chi connectivity index (χ4v) is 4.34. The smallest absolute Gasteiger partial charge is 0.150 e. The van der Waals surface area contributed by atoms with E-state index in [0.29, 0.717) is 12.3 Å². The van der Waals surface area contributed by atoms with E-state index in [1.54, 1.807) is 0 Å². The van der Waals surface area contributed by atoms with Crippen LogP contribution >= 0.6 is 0 Å². The summed E-state index contributed by atoms with van der Waals surface area (Å²) in [5.74, 6) is 0.432. The molecular weight excluding hydrogens is 272 g/mol. The van der Waals surface area contributed by atoms with Gasteiger partial charge in [0.15, 0.2) is 0 Å². The van der Waals surface area contributed by atoms with Crippen LogP contribution in [0.2, 0.25) is 0 Å². The predicted octanol–water partition coefficient (Wildman–Crippen LogP) is 3.10. The molecule has 0 aromatic heterocycles. The molecule has 0 heterocycles. The van der Waals surface area contributed by atoms with Crippen LogP contribution in [0.3, 0.4) is 0 Å². The van der Waals surface area contributed by atoms with Crippen molar-refractivity contribution >= 4 is 9.84 Å². The highest BCUT2D eigenvalue weighted by molar-refractivity contribution is 7.91. The molecular formula is C16H24O3S. The quantitative estimate of drug-likeness (QED) is 0.908. The molecule has 1 aromatic carbocycles. The standard InChI is InChI=1S/C16H24O3S/c1-20(18,19)15-9-5-6-13(12-15)10-11-16(17)14-7-3-2-4-8-14/h2-4,7-8,13,15-17H,5-6,9-12H2,1H3. The summed E-state index contributed by atoms with van der Waals surface area (Å²) in [6.07, 6.45) is 6.18. The lowest BCUT2D eigenvalue weighted by atomic mass is 9.84. The Kier molecular flexibility index (Phi) is 5.22. The Morgan fingerprint density at radius 3 is 2.60 bits per heavy atom. The lowest BCUT2D eigenvalue weighted by Crippen LogP contribution is -2.27. The minimum absolute atomic E-state index is 0.171. The largest absolute Gasteiger partial charge is 0.388 e. The second kappa shape index (κ2) is 6.72. The summed E-state index contributed by atoms with van der Waals surface area (Å²) in [4.78, 5) is 0. The molecule has 1 aromatic rings. The molecule has 0 radical (unpaired) electrons. The van der Waals surface area contributed by atoms with E-state index < -0.39 is 15.9 Å². The van der Waals surface area contributed by atoms with Crippen LogP contribution in [0.25, 0.3) is 0 Å². The zero-order chi connectivity index (χ0) is 14.6. The van der Waals surface area contributed by atoms with E-state index in [9.17, 15) is 13.5 Å². The summed E-state index contributed by atoms with van der Waals surface area (Å²) in [7, 11) is -2.91. The Balaban J connectivity index is 1.85. The van der Waals surface area contributed by atoms with Crippen molar-refractivity contribution in [3.63, 3.8) is 0 Å². The van der Waals surface area contributed by atoms with E-state index in [4.69, 9.17) is 0 Å². The van der Waals surface area contributed by atoms with E-state index in [2.05, 4.69) is 0 Å². The molecule has 112 valence electrons. The van der Waals surface area contributed by atoms with Gasteiger partial charge in [-0.2, -0.15) is 0 Å². The highest BCUT2D eigenvalue weighted by atomic mass is 32.2. The number of hydrogen-bond donors (Lipinski definition) is 1. The first-order chi connectivity index (χ1) is 9.47. The topological polar surface area (TPSA) is 54.4 Å². The van der Waals surface area contributed by atoms with Gasteiger partial charge >= 0.3 is 0 Å². The Labute approximate surface area is 121 Å². The van der Waals surface area contributed by atoms with Crippen molar-refractivity contribution in [2.45, 2.75) is 49.9 Å². The molecule has 3 atom stereocenters. The molecule has 1 aliphatic carbocycles. The van der Waals surface area contributed by atoms with E-state index in [-0.39, 0.29) is 5.25 Å². The summed E-state index contributed by atoms with van der Waals surface area (Å²) < 4.78 is 23.3. The SMILES string of the molecule is CS(=O)(=O)C1CCCC(CCC(O)c2ccccc2)C1. The normalized spacial score (nSPS) is 25.3. The Morgan fingerprint density at radius 1 is 1.25 bits per heavy atom. The van der Waals surface area contributed by atoms with Gasteiger partial charge < -0.3 is 5.11 Å².